The quantitative estimate of drug-likeness (QED) is 0.659. The maximum absolute atomic E-state index is 5.89. The first-order valence-electron chi connectivity index (χ1n) is 5.95. The third-order valence-electron chi connectivity index (χ3n) is 3.08. The second-order valence-corrected chi connectivity index (χ2v) is 5.01. The van der Waals surface area contributed by atoms with Crippen molar-refractivity contribution in [1.29, 1.82) is 0 Å². The highest BCUT2D eigenvalue weighted by Gasteiger charge is 2.20. The van der Waals surface area contributed by atoms with Crippen LogP contribution in [0.25, 0.3) is 11.2 Å². The fourth-order valence-corrected chi connectivity index (χ4v) is 2.53. The topological polar surface area (TPSA) is 78.8 Å². The Hall–Kier alpha value is -1.34. The van der Waals surface area contributed by atoms with Gasteiger partial charge < -0.3 is 10.5 Å². The second kappa shape index (κ2) is 4.74. The molecule has 3 heterocycles. The van der Waals surface area contributed by atoms with E-state index in [1.54, 1.807) is 6.33 Å². The maximum Gasteiger partial charge on any atom is 0.191 e. The van der Waals surface area contributed by atoms with Crippen LogP contribution in [0.4, 0.5) is 5.82 Å². The zero-order valence-electron chi connectivity index (χ0n) is 10.2. The van der Waals surface area contributed by atoms with E-state index in [0.717, 1.165) is 25.1 Å². The van der Waals surface area contributed by atoms with Gasteiger partial charge in [0.15, 0.2) is 16.6 Å². The number of aromatic nitrogens is 4. The molecule has 0 aromatic carbocycles. The molecule has 1 aliphatic heterocycles. The van der Waals surface area contributed by atoms with Gasteiger partial charge in [-0.2, -0.15) is 0 Å². The number of rotatable bonds is 2. The van der Waals surface area contributed by atoms with Crippen molar-refractivity contribution in [3.8, 4) is 0 Å². The van der Waals surface area contributed by atoms with Crippen LogP contribution >= 0.6 is 11.8 Å². The van der Waals surface area contributed by atoms with Crippen LogP contribution in [0.1, 0.15) is 25.5 Å². The third kappa shape index (κ3) is 1.93. The molecule has 1 atom stereocenters. The van der Waals surface area contributed by atoms with Gasteiger partial charge >= 0.3 is 0 Å². The van der Waals surface area contributed by atoms with Crippen molar-refractivity contribution < 1.29 is 4.74 Å². The summed E-state index contributed by atoms with van der Waals surface area (Å²) in [6.45, 7) is 0.792. The molecule has 2 aromatic rings. The Bertz CT molecular complexity index is 564. The number of hydrogen-bond donors (Lipinski definition) is 1. The van der Waals surface area contributed by atoms with E-state index in [-0.39, 0.29) is 6.23 Å². The van der Waals surface area contributed by atoms with Crippen molar-refractivity contribution in [3.63, 3.8) is 0 Å². The van der Waals surface area contributed by atoms with Crippen LogP contribution in [0.3, 0.4) is 0 Å². The Kier molecular flexibility index (Phi) is 3.09. The van der Waals surface area contributed by atoms with E-state index in [2.05, 4.69) is 15.0 Å². The summed E-state index contributed by atoms with van der Waals surface area (Å²) in [7, 11) is 0. The Morgan fingerprint density at radius 1 is 1.44 bits per heavy atom. The van der Waals surface area contributed by atoms with Gasteiger partial charge in [0.05, 0.1) is 6.33 Å². The fourth-order valence-electron chi connectivity index (χ4n) is 2.16. The van der Waals surface area contributed by atoms with Gasteiger partial charge in [-0.3, -0.25) is 4.57 Å². The summed E-state index contributed by atoms with van der Waals surface area (Å²) in [5.74, 6) is 0.430. The smallest absolute Gasteiger partial charge is 0.191 e. The van der Waals surface area contributed by atoms with Gasteiger partial charge in [0.2, 0.25) is 0 Å². The van der Waals surface area contributed by atoms with E-state index < -0.39 is 0 Å². The lowest BCUT2D eigenvalue weighted by atomic mass is 10.2. The molecule has 1 fully saturated rings. The zero-order chi connectivity index (χ0) is 12.5. The highest BCUT2D eigenvalue weighted by molar-refractivity contribution is 7.98. The zero-order valence-corrected chi connectivity index (χ0v) is 11.0. The molecule has 0 aliphatic carbocycles. The number of ether oxygens (including phenoxy) is 1. The molecule has 0 radical (unpaired) electrons. The molecular weight excluding hydrogens is 250 g/mol. The molecule has 96 valence electrons. The van der Waals surface area contributed by atoms with Crippen molar-refractivity contribution in [2.75, 3.05) is 18.6 Å². The molecule has 3 rings (SSSR count). The second-order valence-electron chi connectivity index (χ2n) is 4.24. The van der Waals surface area contributed by atoms with Crippen molar-refractivity contribution in [2.45, 2.75) is 30.6 Å². The van der Waals surface area contributed by atoms with Gasteiger partial charge in [0, 0.05) is 6.61 Å². The van der Waals surface area contributed by atoms with E-state index in [1.165, 1.54) is 18.2 Å². The number of imidazole rings is 1. The number of fused-ring (bicyclic) bond motifs is 1. The van der Waals surface area contributed by atoms with E-state index in [0.29, 0.717) is 16.5 Å². The summed E-state index contributed by atoms with van der Waals surface area (Å²) < 4.78 is 7.72. The Morgan fingerprint density at radius 2 is 2.33 bits per heavy atom. The van der Waals surface area contributed by atoms with Crippen LogP contribution in [0.2, 0.25) is 0 Å². The van der Waals surface area contributed by atoms with Crippen LogP contribution in [0.15, 0.2) is 11.5 Å². The monoisotopic (exact) mass is 265 g/mol. The van der Waals surface area contributed by atoms with Crippen molar-refractivity contribution >= 4 is 28.7 Å². The molecule has 7 heteroatoms. The average Bonchev–Trinajstić information content (AvgIpc) is 2.84. The summed E-state index contributed by atoms with van der Waals surface area (Å²) in [5, 5.41) is 0.664. The minimum Gasteiger partial charge on any atom is -0.382 e. The van der Waals surface area contributed by atoms with Crippen molar-refractivity contribution in [2.24, 2.45) is 0 Å². The molecule has 0 bridgehead atoms. The van der Waals surface area contributed by atoms with Gasteiger partial charge in [0.25, 0.3) is 0 Å². The number of hydrogen-bond acceptors (Lipinski definition) is 6. The van der Waals surface area contributed by atoms with Crippen molar-refractivity contribution in [1.82, 2.24) is 19.5 Å². The minimum atomic E-state index is 0.0211. The third-order valence-corrected chi connectivity index (χ3v) is 3.62. The SMILES string of the molecule is CSc1nc(N)c2ncn(C3CCCCO3)c2n1. The lowest BCUT2D eigenvalue weighted by molar-refractivity contribution is -0.0298. The summed E-state index contributed by atoms with van der Waals surface area (Å²) in [6, 6.07) is 0. The normalized spacial score (nSPS) is 20.4. The molecule has 2 N–H and O–H groups in total. The Labute approximate surface area is 109 Å². The summed E-state index contributed by atoms with van der Waals surface area (Å²) in [6.07, 6.45) is 6.97. The summed E-state index contributed by atoms with van der Waals surface area (Å²) >= 11 is 1.47. The molecule has 1 unspecified atom stereocenters. The van der Waals surface area contributed by atoms with E-state index in [9.17, 15) is 0 Å². The lowest BCUT2D eigenvalue weighted by Crippen LogP contribution is -2.17. The first kappa shape index (κ1) is 11.7. The molecule has 0 amide bonds. The van der Waals surface area contributed by atoms with Crippen molar-refractivity contribution in [3.05, 3.63) is 6.33 Å². The number of anilines is 1. The molecule has 1 saturated heterocycles. The first-order chi connectivity index (χ1) is 8.79. The Balaban J connectivity index is 2.09. The Morgan fingerprint density at radius 3 is 3.06 bits per heavy atom. The lowest BCUT2D eigenvalue weighted by Gasteiger charge is -2.23. The number of nitrogen functional groups attached to an aromatic ring is 1. The largest absolute Gasteiger partial charge is 0.382 e. The maximum atomic E-state index is 5.89. The predicted molar refractivity (Wildman–Crippen MR) is 70.4 cm³/mol. The van der Waals surface area contributed by atoms with Crippen LogP contribution in [0.5, 0.6) is 0 Å². The van der Waals surface area contributed by atoms with Gasteiger partial charge in [0.1, 0.15) is 11.7 Å². The highest BCUT2D eigenvalue weighted by Crippen LogP contribution is 2.27. The predicted octanol–water partition coefficient (Wildman–Crippen LogP) is 1.83. The minimum absolute atomic E-state index is 0.0211. The van der Waals surface area contributed by atoms with Crippen LogP contribution in [-0.2, 0) is 4.74 Å². The molecule has 0 saturated carbocycles. The fraction of sp³-hybridized carbons (Fsp3) is 0.545. The van der Waals surface area contributed by atoms with Crippen LogP contribution < -0.4 is 5.73 Å². The number of thioether (sulfide) groups is 1. The average molecular weight is 265 g/mol. The summed E-state index contributed by atoms with van der Waals surface area (Å²) in [5.41, 5.74) is 7.31. The van der Waals surface area contributed by atoms with E-state index >= 15 is 0 Å². The van der Waals surface area contributed by atoms with Crippen LogP contribution in [-0.4, -0.2) is 32.4 Å². The number of nitrogens with two attached hydrogens (primary N) is 1. The molecule has 18 heavy (non-hydrogen) atoms. The van der Waals surface area contributed by atoms with Crippen LogP contribution in [0, 0.1) is 0 Å². The standard InChI is InChI=1S/C11H15N5OS/c1-18-11-14-9(12)8-10(15-11)16(6-13-8)7-4-2-3-5-17-7/h6-7H,2-5H2,1H3,(H2,12,14,15). The molecule has 0 spiro atoms. The first-order valence-corrected chi connectivity index (χ1v) is 7.17. The van der Waals surface area contributed by atoms with Gasteiger partial charge in [-0.25, -0.2) is 15.0 Å². The summed E-state index contributed by atoms with van der Waals surface area (Å²) in [4.78, 5) is 13.0. The van der Waals surface area contributed by atoms with E-state index in [4.69, 9.17) is 10.5 Å². The number of nitrogens with zero attached hydrogens (tertiary/aromatic N) is 4. The highest BCUT2D eigenvalue weighted by atomic mass is 32.2. The molecule has 6 nitrogen and oxygen atoms in total. The van der Waals surface area contributed by atoms with Gasteiger partial charge in [-0.05, 0) is 25.5 Å². The molecule has 1 aliphatic rings. The molecule has 2 aromatic heterocycles. The van der Waals surface area contributed by atoms with Gasteiger partial charge in [-0.1, -0.05) is 11.8 Å². The van der Waals surface area contributed by atoms with E-state index in [1.807, 2.05) is 10.8 Å². The molecular formula is C11H15N5OS. The van der Waals surface area contributed by atoms with Gasteiger partial charge in [-0.15, -0.1) is 0 Å².